The molecule has 0 aliphatic heterocycles. The first-order valence-electron chi connectivity index (χ1n) is 8.08. The van der Waals surface area contributed by atoms with Crippen LogP contribution in [0.5, 0.6) is 0 Å². The highest BCUT2D eigenvalue weighted by Crippen LogP contribution is 2.38. The quantitative estimate of drug-likeness (QED) is 0.652. The van der Waals surface area contributed by atoms with Crippen molar-refractivity contribution in [3.63, 3.8) is 0 Å². The van der Waals surface area contributed by atoms with E-state index in [9.17, 15) is 0 Å². The maximum atomic E-state index is 2.43. The molecule has 0 unspecified atom stereocenters. The summed E-state index contributed by atoms with van der Waals surface area (Å²) in [6.45, 7) is 6.86. The number of hydrogen-bond acceptors (Lipinski definition) is 0. The van der Waals surface area contributed by atoms with Crippen molar-refractivity contribution < 1.29 is 0 Å². The lowest BCUT2D eigenvalue weighted by atomic mass is 9.88. The van der Waals surface area contributed by atoms with E-state index in [2.05, 4.69) is 69.3 Å². The molecule has 0 nitrogen and oxygen atoms in total. The summed E-state index contributed by atoms with van der Waals surface area (Å²) in [5.41, 5.74) is 8.84. The van der Waals surface area contributed by atoms with Gasteiger partial charge in [0, 0.05) is 0 Å². The molecule has 0 saturated carbocycles. The first-order chi connectivity index (χ1) is 10.2. The van der Waals surface area contributed by atoms with E-state index in [0.29, 0.717) is 5.92 Å². The highest BCUT2D eigenvalue weighted by Gasteiger charge is 2.19. The molecule has 21 heavy (non-hydrogen) atoms. The topological polar surface area (TPSA) is 0 Å². The molecule has 3 rings (SSSR count). The van der Waals surface area contributed by atoms with E-state index in [1.807, 2.05) is 0 Å². The standard InChI is InChI=1S/C21H24/c1-4-16-13-18-10-11-19(12-15(2)3)21(20(18)14-16)17-8-6-5-7-9-17/h5-11,14-15H,4,12-13H2,1-3H3. The van der Waals surface area contributed by atoms with E-state index < -0.39 is 0 Å². The first kappa shape index (κ1) is 14.1. The number of allylic oxidation sites excluding steroid dienone is 1. The summed E-state index contributed by atoms with van der Waals surface area (Å²) in [5.74, 6) is 0.682. The Morgan fingerprint density at radius 2 is 1.76 bits per heavy atom. The van der Waals surface area contributed by atoms with Gasteiger partial charge in [-0.15, -0.1) is 0 Å². The molecule has 0 radical (unpaired) electrons. The van der Waals surface area contributed by atoms with Crippen molar-refractivity contribution >= 4 is 6.08 Å². The fraction of sp³-hybridized carbons (Fsp3) is 0.333. The summed E-state index contributed by atoms with van der Waals surface area (Å²) in [6.07, 6.45) is 5.87. The number of fused-ring (bicyclic) bond motifs is 1. The van der Waals surface area contributed by atoms with E-state index in [4.69, 9.17) is 0 Å². The summed E-state index contributed by atoms with van der Waals surface area (Å²) in [4.78, 5) is 0. The highest BCUT2D eigenvalue weighted by molar-refractivity contribution is 5.83. The molecule has 0 atom stereocenters. The fourth-order valence-corrected chi connectivity index (χ4v) is 3.31. The second kappa shape index (κ2) is 5.89. The van der Waals surface area contributed by atoms with Gasteiger partial charge in [0.2, 0.25) is 0 Å². The second-order valence-corrected chi connectivity index (χ2v) is 6.47. The number of hydrogen-bond donors (Lipinski definition) is 0. The third-order valence-electron chi connectivity index (χ3n) is 4.33. The van der Waals surface area contributed by atoms with Crippen molar-refractivity contribution in [1.29, 1.82) is 0 Å². The van der Waals surface area contributed by atoms with Crippen molar-refractivity contribution in [3.8, 4) is 11.1 Å². The molecular formula is C21H24. The first-order valence-corrected chi connectivity index (χ1v) is 8.08. The molecule has 0 N–H and O–H groups in total. The summed E-state index contributed by atoms with van der Waals surface area (Å²) in [6, 6.07) is 15.6. The zero-order valence-electron chi connectivity index (χ0n) is 13.3. The monoisotopic (exact) mass is 276 g/mol. The maximum absolute atomic E-state index is 2.43. The minimum absolute atomic E-state index is 0.682. The van der Waals surface area contributed by atoms with Gasteiger partial charge in [-0.3, -0.25) is 0 Å². The van der Waals surface area contributed by atoms with Crippen LogP contribution in [0.2, 0.25) is 0 Å². The molecule has 0 heterocycles. The van der Waals surface area contributed by atoms with Crippen LogP contribution in [0.4, 0.5) is 0 Å². The minimum atomic E-state index is 0.682. The van der Waals surface area contributed by atoms with Crippen molar-refractivity contribution in [1.82, 2.24) is 0 Å². The number of rotatable bonds is 4. The van der Waals surface area contributed by atoms with Crippen LogP contribution < -0.4 is 0 Å². The molecule has 2 aromatic carbocycles. The Hall–Kier alpha value is -1.82. The fourth-order valence-electron chi connectivity index (χ4n) is 3.31. The summed E-state index contributed by atoms with van der Waals surface area (Å²) in [7, 11) is 0. The second-order valence-electron chi connectivity index (χ2n) is 6.47. The predicted molar refractivity (Wildman–Crippen MR) is 92.4 cm³/mol. The SMILES string of the molecule is CCC1=Cc2c(ccc(CC(C)C)c2-c2ccccc2)C1. The van der Waals surface area contributed by atoms with Crippen LogP contribution in [0, 0.1) is 5.92 Å². The average molecular weight is 276 g/mol. The highest BCUT2D eigenvalue weighted by atomic mass is 14.2. The van der Waals surface area contributed by atoms with Gasteiger partial charge in [0.1, 0.15) is 0 Å². The van der Waals surface area contributed by atoms with Gasteiger partial charge >= 0.3 is 0 Å². The van der Waals surface area contributed by atoms with Gasteiger partial charge in [-0.25, -0.2) is 0 Å². The van der Waals surface area contributed by atoms with Crippen LogP contribution in [0.3, 0.4) is 0 Å². The van der Waals surface area contributed by atoms with Crippen molar-refractivity contribution in [2.24, 2.45) is 5.92 Å². The Bertz CT molecular complexity index is 660. The Morgan fingerprint density at radius 3 is 2.43 bits per heavy atom. The molecule has 108 valence electrons. The van der Waals surface area contributed by atoms with Crippen molar-refractivity contribution in [2.75, 3.05) is 0 Å². The Morgan fingerprint density at radius 1 is 1.00 bits per heavy atom. The Labute approximate surface area is 128 Å². The lowest BCUT2D eigenvalue weighted by Gasteiger charge is -2.16. The van der Waals surface area contributed by atoms with Gasteiger partial charge in [0.15, 0.2) is 0 Å². The van der Waals surface area contributed by atoms with Crippen molar-refractivity contribution in [3.05, 3.63) is 64.7 Å². The largest absolute Gasteiger partial charge is 0.0655 e. The van der Waals surface area contributed by atoms with Gasteiger partial charge in [-0.05, 0) is 53.0 Å². The van der Waals surface area contributed by atoms with E-state index in [-0.39, 0.29) is 0 Å². The molecule has 1 aliphatic carbocycles. The van der Waals surface area contributed by atoms with Gasteiger partial charge in [0.25, 0.3) is 0 Å². The zero-order valence-corrected chi connectivity index (χ0v) is 13.3. The van der Waals surface area contributed by atoms with E-state index in [1.165, 1.54) is 27.8 Å². The van der Waals surface area contributed by atoms with Crippen LogP contribution in [-0.2, 0) is 12.8 Å². The van der Waals surface area contributed by atoms with E-state index in [1.54, 1.807) is 5.57 Å². The van der Waals surface area contributed by atoms with Crippen molar-refractivity contribution in [2.45, 2.75) is 40.0 Å². The van der Waals surface area contributed by atoms with E-state index >= 15 is 0 Å². The third-order valence-corrected chi connectivity index (χ3v) is 4.33. The summed E-state index contributed by atoms with van der Waals surface area (Å²) >= 11 is 0. The van der Waals surface area contributed by atoms with Crippen LogP contribution in [0.1, 0.15) is 43.9 Å². The molecular weight excluding hydrogens is 252 g/mol. The molecule has 1 aliphatic rings. The minimum Gasteiger partial charge on any atom is -0.0655 e. The Kier molecular flexibility index (Phi) is 3.96. The molecule has 0 aromatic heterocycles. The summed E-state index contributed by atoms with van der Waals surface area (Å²) < 4.78 is 0. The zero-order chi connectivity index (χ0) is 14.8. The van der Waals surface area contributed by atoms with E-state index in [0.717, 1.165) is 19.3 Å². The summed E-state index contributed by atoms with van der Waals surface area (Å²) in [5, 5.41) is 0. The molecule has 0 fully saturated rings. The number of benzene rings is 2. The molecule has 0 heteroatoms. The molecule has 0 spiro atoms. The van der Waals surface area contributed by atoms with Gasteiger partial charge in [-0.2, -0.15) is 0 Å². The van der Waals surface area contributed by atoms with Crippen LogP contribution >= 0.6 is 0 Å². The third kappa shape index (κ3) is 2.81. The lowest BCUT2D eigenvalue weighted by molar-refractivity contribution is 0.648. The maximum Gasteiger partial charge on any atom is -0.00577 e. The predicted octanol–water partition coefficient (Wildman–Crippen LogP) is 5.90. The van der Waals surface area contributed by atoms with Gasteiger partial charge in [0.05, 0.1) is 0 Å². The molecule has 2 aromatic rings. The Balaban J connectivity index is 2.18. The van der Waals surface area contributed by atoms with Crippen LogP contribution in [0.15, 0.2) is 48.0 Å². The molecule has 0 saturated heterocycles. The van der Waals surface area contributed by atoms with Crippen LogP contribution in [-0.4, -0.2) is 0 Å². The average Bonchev–Trinajstić information content (AvgIpc) is 2.90. The molecule has 0 amide bonds. The van der Waals surface area contributed by atoms with Gasteiger partial charge in [-0.1, -0.05) is 74.9 Å². The van der Waals surface area contributed by atoms with Crippen LogP contribution in [0.25, 0.3) is 17.2 Å². The normalized spacial score (nSPS) is 13.4. The molecule has 0 bridgehead atoms. The smallest absolute Gasteiger partial charge is 0.00577 e. The lowest BCUT2D eigenvalue weighted by Crippen LogP contribution is -2.00. The van der Waals surface area contributed by atoms with Gasteiger partial charge < -0.3 is 0 Å².